The van der Waals surface area contributed by atoms with Gasteiger partial charge in [-0.05, 0) is 42.7 Å². The molecule has 39 heavy (non-hydrogen) atoms. The highest BCUT2D eigenvalue weighted by Gasteiger charge is 2.57. The maximum atomic E-state index is 14.0. The van der Waals surface area contributed by atoms with Crippen molar-refractivity contribution < 1.29 is 32.7 Å². The van der Waals surface area contributed by atoms with E-state index in [9.17, 15) is 22.8 Å². The second-order valence-electron chi connectivity index (χ2n) is 9.64. The van der Waals surface area contributed by atoms with Crippen LogP contribution in [0.25, 0.3) is 0 Å². The summed E-state index contributed by atoms with van der Waals surface area (Å²) in [5.74, 6) is -2.89. The summed E-state index contributed by atoms with van der Waals surface area (Å²) in [6, 6.07) is 7.58. The van der Waals surface area contributed by atoms with E-state index in [1.165, 1.54) is 0 Å². The predicted molar refractivity (Wildman–Crippen MR) is 130 cm³/mol. The summed E-state index contributed by atoms with van der Waals surface area (Å²) in [4.78, 5) is 44.0. The first-order valence-corrected chi connectivity index (χ1v) is 12.2. The van der Waals surface area contributed by atoms with Crippen molar-refractivity contribution in [3.63, 3.8) is 0 Å². The molecular formula is C25H28F3N7O4. The third-order valence-corrected chi connectivity index (χ3v) is 7.11. The average Bonchev–Trinajstić information content (AvgIpc) is 3.61. The number of likely N-dealkylation sites (tertiary alicyclic amines) is 2. The second-order valence-corrected chi connectivity index (χ2v) is 9.64. The number of hydrogen-bond donors (Lipinski definition) is 1. The number of rotatable bonds is 4. The van der Waals surface area contributed by atoms with Crippen molar-refractivity contribution >= 4 is 17.8 Å². The van der Waals surface area contributed by atoms with Crippen LogP contribution in [0.1, 0.15) is 40.5 Å². The number of halogens is 3. The van der Waals surface area contributed by atoms with Crippen molar-refractivity contribution in [2.75, 3.05) is 19.6 Å². The van der Waals surface area contributed by atoms with Crippen LogP contribution < -0.4 is 0 Å². The zero-order valence-electron chi connectivity index (χ0n) is 21.4. The van der Waals surface area contributed by atoms with Gasteiger partial charge in [0.05, 0.1) is 5.41 Å². The Morgan fingerprint density at radius 3 is 2.38 bits per heavy atom. The lowest BCUT2D eigenvalue weighted by atomic mass is 9.70. The van der Waals surface area contributed by atoms with Crippen LogP contribution in [0.2, 0.25) is 0 Å². The number of amides is 2. The highest BCUT2D eigenvalue weighted by Crippen LogP contribution is 2.49. The van der Waals surface area contributed by atoms with Crippen molar-refractivity contribution in [3.8, 4) is 0 Å². The van der Waals surface area contributed by atoms with Gasteiger partial charge in [-0.1, -0.05) is 0 Å². The van der Waals surface area contributed by atoms with Gasteiger partial charge in [-0.2, -0.15) is 23.4 Å². The molecule has 208 valence electrons. The van der Waals surface area contributed by atoms with E-state index in [1.54, 1.807) is 47.5 Å². The van der Waals surface area contributed by atoms with Crippen molar-refractivity contribution in [3.05, 3.63) is 66.0 Å². The first-order valence-electron chi connectivity index (χ1n) is 12.2. The molecule has 5 rings (SSSR count). The minimum Gasteiger partial charge on any atom is -0.475 e. The predicted octanol–water partition coefficient (Wildman–Crippen LogP) is 2.23. The van der Waals surface area contributed by atoms with Gasteiger partial charge in [0.2, 0.25) is 5.91 Å². The van der Waals surface area contributed by atoms with E-state index in [0.29, 0.717) is 25.3 Å². The quantitative estimate of drug-likeness (QED) is 0.531. The normalized spacial score (nSPS) is 21.2. The zero-order chi connectivity index (χ0) is 28.4. The molecule has 2 atom stereocenters. The molecule has 0 aliphatic carbocycles. The molecule has 2 aliphatic heterocycles. The van der Waals surface area contributed by atoms with Gasteiger partial charge in [-0.3, -0.25) is 23.9 Å². The van der Waals surface area contributed by atoms with Crippen molar-refractivity contribution in [1.29, 1.82) is 0 Å². The number of carbonyl (C=O) groups excluding carboxylic acids is 2. The van der Waals surface area contributed by atoms with Crippen LogP contribution >= 0.6 is 0 Å². The van der Waals surface area contributed by atoms with Gasteiger partial charge in [0.15, 0.2) is 0 Å². The van der Waals surface area contributed by atoms with Crippen molar-refractivity contribution in [2.24, 2.45) is 19.5 Å². The number of aliphatic carboxylic acids is 1. The van der Waals surface area contributed by atoms with E-state index in [1.807, 2.05) is 34.8 Å². The molecule has 2 saturated heterocycles. The van der Waals surface area contributed by atoms with E-state index >= 15 is 0 Å². The molecule has 0 bridgehead atoms. The number of alkyl halides is 3. The average molecular weight is 548 g/mol. The van der Waals surface area contributed by atoms with Crippen molar-refractivity contribution in [2.45, 2.75) is 31.5 Å². The number of pyridine rings is 1. The molecule has 0 saturated carbocycles. The number of hydrogen-bond acceptors (Lipinski definition) is 6. The Morgan fingerprint density at radius 2 is 1.82 bits per heavy atom. The maximum absolute atomic E-state index is 14.0. The molecule has 5 heterocycles. The van der Waals surface area contributed by atoms with E-state index in [0.717, 1.165) is 30.6 Å². The molecule has 1 spiro atoms. The summed E-state index contributed by atoms with van der Waals surface area (Å²) < 4.78 is 35.2. The lowest BCUT2D eigenvalue weighted by molar-refractivity contribution is -0.192. The number of piperidine rings is 1. The van der Waals surface area contributed by atoms with E-state index in [-0.39, 0.29) is 17.7 Å². The summed E-state index contributed by atoms with van der Waals surface area (Å²) in [6.07, 6.45) is 3.59. The van der Waals surface area contributed by atoms with Gasteiger partial charge < -0.3 is 14.9 Å². The molecule has 0 aromatic carbocycles. The monoisotopic (exact) mass is 547 g/mol. The lowest BCUT2D eigenvalue weighted by Crippen LogP contribution is -2.52. The molecule has 3 aromatic rings. The molecule has 14 heteroatoms. The highest BCUT2D eigenvalue weighted by atomic mass is 19.4. The standard InChI is InChI=1S/C23H27N7O2.C2HF3O2/c1-27-13-7-19(26-27)21(31)30-15-18(20-6-11-25-28(20)2)23(16-30)8-3-12-29(22(23)32)14-17-4-9-24-10-5-17;3-2(4,5)1(6)7/h4-7,9-11,13,18H,3,8,12,14-16H2,1-2H3;(H,6,7)/t18-,23+;/m0./s1. The Labute approximate surface area is 221 Å². The number of carbonyl (C=O) groups is 3. The summed E-state index contributed by atoms with van der Waals surface area (Å²) in [7, 11) is 3.69. The molecule has 1 N–H and O–H groups in total. The molecular weight excluding hydrogens is 519 g/mol. The Balaban J connectivity index is 0.000000448. The van der Waals surface area contributed by atoms with E-state index in [2.05, 4.69) is 15.2 Å². The molecule has 11 nitrogen and oxygen atoms in total. The van der Waals surface area contributed by atoms with Gasteiger partial charge in [-0.15, -0.1) is 0 Å². The number of carboxylic acid groups (broad SMARTS) is 1. The molecule has 2 amide bonds. The third-order valence-electron chi connectivity index (χ3n) is 7.11. The third kappa shape index (κ3) is 5.78. The highest BCUT2D eigenvalue weighted by molar-refractivity contribution is 5.94. The SMILES string of the molecule is Cn1ccc(C(=O)N2C[C@@H](c3ccnn3C)[C@@]3(CCCN(Cc4ccncc4)C3=O)C2)n1.O=C(O)C(F)(F)F. The zero-order valence-corrected chi connectivity index (χ0v) is 21.4. The number of aromatic nitrogens is 5. The lowest BCUT2D eigenvalue weighted by Gasteiger charge is -2.42. The van der Waals surface area contributed by atoms with Gasteiger partial charge in [0.1, 0.15) is 5.69 Å². The fourth-order valence-electron chi connectivity index (χ4n) is 5.30. The minimum absolute atomic E-state index is 0.114. The molecule has 0 radical (unpaired) electrons. The topological polar surface area (TPSA) is 126 Å². The fraction of sp³-hybridized carbons (Fsp3) is 0.440. The summed E-state index contributed by atoms with van der Waals surface area (Å²) in [5.41, 5.74) is 1.79. The Hall–Kier alpha value is -4.23. The second kappa shape index (κ2) is 10.9. The molecule has 2 aliphatic rings. The summed E-state index contributed by atoms with van der Waals surface area (Å²) >= 11 is 0. The fourth-order valence-corrected chi connectivity index (χ4v) is 5.30. The van der Waals surface area contributed by atoms with Crippen LogP contribution in [0.5, 0.6) is 0 Å². The van der Waals surface area contributed by atoms with Gasteiger partial charge >= 0.3 is 12.1 Å². The maximum Gasteiger partial charge on any atom is 0.490 e. The van der Waals surface area contributed by atoms with Crippen LogP contribution in [-0.4, -0.2) is 83.0 Å². The van der Waals surface area contributed by atoms with Crippen LogP contribution in [0.3, 0.4) is 0 Å². The molecule has 2 fully saturated rings. The first kappa shape index (κ1) is 27.8. The number of nitrogens with zero attached hydrogens (tertiary/aromatic N) is 7. The first-order chi connectivity index (χ1) is 18.4. The van der Waals surface area contributed by atoms with E-state index < -0.39 is 17.6 Å². The van der Waals surface area contributed by atoms with Crippen molar-refractivity contribution in [1.82, 2.24) is 34.3 Å². The Morgan fingerprint density at radius 1 is 1.13 bits per heavy atom. The van der Waals surface area contributed by atoms with Gasteiger partial charge in [0.25, 0.3) is 5.91 Å². The smallest absolute Gasteiger partial charge is 0.475 e. The van der Waals surface area contributed by atoms with Gasteiger partial charge in [0, 0.05) is 76.7 Å². The van der Waals surface area contributed by atoms with Crippen LogP contribution in [0.15, 0.2) is 49.1 Å². The summed E-state index contributed by atoms with van der Waals surface area (Å²) in [5, 5.41) is 15.8. The minimum atomic E-state index is -5.08. The number of carboxylic acids is 1. The largest absolute Gasteiger partial charge is 0.490 e. The number of aryl methyl sites for hydroxylation is 2. The Bertz CT molecular complexity index is 1340. The van der Waals surface area contributed by atoms with Crippen LogP contribution in [0.4, 0.5) is 13.2 Å². The van der Waals surface area contributed by atoms with Crippen LogP contribution in [0, 0.1) is 5.41 Å². The van der Waals surface area contributed by atoms with E-state index in [4.69, 9.17) is 9.90 Å². The van der Waals surface area contributed by atoms with Gasteiger partial charge in [-0.25, -0.2) is 4.79 Å². The molecule has 3 aromatic heterocycles. The Kier molecular flexibility index (Phi) is 7.74. The summed E-state index contributed by atoms with van der Waals surface area (Å²) in [6.45, 7) is 2.14. The molecule has 0 unspecified atom stereocenters. The van der Waals surface area contributed by atoms with Crippen LogP contribution in [-0.2, 0) is 30.2 Å².